The van der Waals surface area contributed by atoms with E-state index in [0.29, 0.717) is 30.1 Å². The standard InChI is InChI=1S/C21H33ClN2O2/c1-5-15(3)24(16(4)6-2)20(14-25)19-11-12-21(26)23(19)13-17-9-7-8-10-18(17)22/h7-10,15-16,19-20,25H,5-6,11-14H2,1-4H3/t15-,16-,19+,20-/m1/s1. The minimum Gasteiger partial charge on any atom is -0.395 e. The largest absolute Gasteiger partial charge is 0.395 e. The summed E-state index contributed by atoms with van der Waals surface area (Å²) in [6, 6.07) is 8.38. The van der Waals surface area contributed by atoms with Gasteiger partial charge in [0.1, 0.15) is 0 Å². The average molecular weight is 381 g/mol. The Balaban J connectivity index is 2.29. The lowest BCUT2D eigenvalue weighted by atomic mass is 9.98. The van der Waals surface area contributed by atoms with Crippen molar-refractivity contribution in [3.05, 3.63) is 34.9 Å². The minimum atomic E-state index is -0.0474. The van der Waals surface area contributed by atoms with Crippen molar-refractivity contribution >= 4 is 17.5 Å². The first kappa shape index (κ1) is 21.2. The molecule has 0 aliphatic carbocycles. The van der Waals surface area contributed by atoms with Gasteiger partial charge in [0.2, 0.25) is 5.91 Å². The van der Waals surface area contributed by atoms with E-state index in [1.807, 2.05) is 29.2 Å². The van der Waals surface area contributed by atoms with Crippen LogP contribution in [-0.4, -0.2) is 51.6 Å². The SMILES string of the molecule is CC[C@@H](C)N([C@H](C)CC)[C@H](CO)[C@@H]1CCC(=O)N1Cc1ccccc1Cl. The van der Waals surface area contributed by atoms with Gasteiger partial charge in [-0.25, -0.2) is 0 Å². The number of likely N-dealkylation sites (tertiary alicyclic amines) is 1. The average Bonchev–Trinajstić information content (AvgIpc) is 3.00. The van der Waals surface area contributed by atoms with E-state index in [0.717, 1.165) is 24.8 Å². The predicted molar refractivity (Wildman–Crippen MR) is 107 cm³/mol. The molecule has 1 aromatic carbocycles. The van der Waals surface area contributed by atoms with Gasteiger partial charge < -0.3 is 10.0 Å². The van der Waals surface area contributed by atoms with E-state index in [1.54, 1.807) is 0 Å². The molecule has 2 rings (SSSR count). The summed E-state index contributed by atoms with van der Waals surface area (Å²) in [4.78, 5) is 17.0. The molecule has 1 saturated heterocycles. The fourth-order valence-electron chi connectivity index (χ4n) is 4.10. The van der Waals surface area contributed by atoms with Crippen molar-refractivity contribution in [1.29, 1.82) is 0 Å². The molecular formula is C21H33ClN2O2. The quantitative estimate of drug-likeness (QED) is 0.701. The monoisotopic (exact) mass is 380 g/mol. The van der Waals surface area contributed by atoms with Crippen molar-refractivity contribution in [2.75, 3.05) is 6.61 Å². The molecule has 5 heteroatoms. The van der Waals surface area contributed by atoms with Crippen molar-refractivity contribution in [2.45, 2.75) is 84.1 Å². The molecule has 0 saturated carbocycles. The van der Waals surface area contributed by atoms with Gasteiger partial charge in [0.15, 0.2) is 0 Å². The van der Waals surface area contributed by atoms with Crippen LogP contribution in [0.15, 0.2) is 24.3 Å². The lowest BCUT2D eigenvalue weighted by molar-refractivity contribution is -0.131. The fourth-order valence-corrected chi connectivity index (χ4v) is 4.29. The number of carbonyl (C=O) groups excluding carboxylic acids is 1. The van der Waals surface area contributed by atoms with Crippen molar-refractivity contribution in [2.24, 2.45) is 0 Å². The number of amides is 1. The second-order valence-corrected chi connectivity index (χ2v) is 7.84. The van der Waals surface area contributed by atoms with E-state index in [2.05, 4.69) is 32.6 Å². The first-order chi connectivity index (χ1) is 12.4. The van der Waals surface area contributed by atoms with E-state index in [4.69, 9.17) is 11.6 Å². The van der Waals surface area contributed by atoms with Gasteiger partial charge in [-0.05, 0) is 44.7 Å². The number of nitrogens with zero attached hydrogens (tertiary/aromatic N) is 2. The molecule has 0 radical (unpaired) electrons. The van der Waals surface area contributed by atoms with Crippen molar-refractivity contribution in [3.63, 3.8) is 0 Å². The number of rotatable bonds is 9. The molecule has 0 spiro atoms. The second-order valence-electron chi connectivity index (χ2n) is 7.43. The summed E-state index contributed by atoms with van der Waals surface area (Å²) < 4.78 is 0. The van der Waals surface area contributed by atoms with Gasteiger partial charge in [0.05, 0.1) is 18.7 Å². The molecule has 1 aromatic rings. The predicted octanol–water partition coefficient (Wildman–Crippen LogP) is 4.09. The van der Waals surface area contributed by atoms with Crippen molar-refractivity contribution < 1.29 is 9.90 Å². The molecule has 0 aromatic heterocycles. The van der Waals surface area contributed by atoms with Crippen LogP contribution in [0.5, 0.6) is 0 Å². The highest BCUT2D eigenvalue weighted by molar-refractivity contribution is 6.31. The normalized spacial score (nSPS) is 21.3. The Morgan fingerprint density at radius 1 is 1.23 bits per heavy atom. The van der Waals surface area contributed by atoms with Crippen molar-refractivity contribution in [1.82, 2.24) is 9.80 Å². The highest BCUT2D eigenvalue weighted by Crippen LogP contribution is 2.30. The summed E-state index contributed by atoms with van der Waals surface area (Å²) >= 11 is 6.32. The lowest BCUT2D eigenvalue weighted by Crippen LogP contribution is -2.57. The van der Waals surface area contributed by atoms with Crippen LogP contribution in [0.2, 0.25) is 5.02 Å². The van der Waals surface area contributed by atoms with Crippen LogP contribution >= 0.6 is 11.6 Å². The molecule has 1 N–H and O–H groups in total. The number of aliphatic hydroxyl groups is 1. The van der Waals surface area contributed by atoms with Gasteiger partial charge >= 0.3 is 0 Å². The molecule has 4 nitrogen and oxygen atoms in total. The van der Waals surface area contributed by atoms with Gasteiger partial charge in [-0.3, -0.25) is 9.69 Å². The summed E-state index contributed by atoms with van der Waals surface area (Å²) in [6.07, 6.45) is 3.37. The highest BCUT2D eigenvalue weighted by atomic mass is 35.5. The van der Waals surface area contributed by atoms with Crippen molar-refractivity contribution in [3.8, 4) is 0 Å². The van der Waals surface area contributed by atoms with Crippen LogP contribution in [0.25, 0.3) is 0 Å². The molecular weight excluding hydrogens is 348 g/mol. The van der Waals surface area contributed by atoms with Crippen LogP contribution in [0.4, 0.5) is 0 Å². The van der Waals surface area contributed by atoms with E-state index in [9.17, 15) is 9.90 Å². The molecule has 0 unspecified atom stereocenters. The number of halogens is 1. The van der Waals surface area contributed by atoms with Gasteiger partial charge in [0, 0.05) is 30.1 Å². The number of hydrogen-bond acceptors (Lipinski definition) is 3. The molecule has 1 heterocycles. The van der Waals surface area contributed by atoms with E-state index in [-0.39, 0.29) is 24.6 Å². The Bertz CT molecular complexity index is 585. The first-order valence-electron chi connectivity index (χ1n) is 9.85. The first-order valence-corrected chi connectivity index (χ1v) is 10.2. The maximum Gasteiger partial charge on any atom is 0.223 e. The zero-order valence-electron chi connectivity index (χ0n) is 16.5. The van der Waals surface area contributed by atoms with Gasteiger partial charge in [0.25, 0.3) is 0 Å². The molecule has 1 aliphatic rings. The molecule has 1 fully saturated rings. The zero-order chi connectivity index (χ0) is 19.3. The van der Waals surface area contributed by atoms with Crippen LogP contribution < -0.4 is 0 Å². The summed E-state index contributed by atoms with van der Waals surface area (Å²) in [6.45, 7) is 9.35. The van der Waals surface area contributed by atoms with E-state index < -0.39 is 0 Å². The Labute approximate surface area is 163 Å². The van der Waals surface area contributed by atoms with Gasteiger partial charge in [-0.1, -0.05) is 43.6 Å². The molecule has 26 heavy (non-hydrogen) atoms. The second kappa shape index (κ2) is 9.72. The third-order valence-corrected chi connectivity index (χ3v) is 6.26. The lowest BCUT2D eigenvalue weighted by Gasteiger charge is -2.44. The van der Waals surface area contributed by atoms with Crippen LogP contribution in [0, 0.1) is 0 Å². The summed E-state index contributed by atoms with van der Waals surface area (Å²) in [5.74, 6) is 0.154. The molecule has 4 atom stereocenters. The maximum atomic E-state index is 12.6. The Hall–Kier alpha value is -1.10. The Morgan fingerprint density at radius 3 is 2.38 bits per heavy atom. The number of benzene rings is 1. The number of aliphatic hydroxyl groups excluding tert-OH is 1. The Kier molecular flexibility index (Phi) is 7.93. The molecule has 1 aliphatic heterocycles. The molecule has 1 amide bonds. The smallest absolute Gasteiger partial charge is 0.223 e. The van der Waals surface area contributed by atoms with Crippen LogP contribution in [0.1, 0.15) is 58.9 Å². The van der Waals surface area contributed by atoms with Gasteiger partial charge in [-0.15, -0.1) is 0 Å². The summed E-state index contributed by atoms with van der Waals surface area (Å²) in [5, 5.41) is 11.0. The highest BCUT2D eigenvalue weighted by Gasteiger charge is 2.41. The number of hydrogen-bond donors (Lipinski definition) is 1. The molecule has 146 valence electrons. The zero-order valence-corrected chi connectivity index (χ0v) is 17.2. The van der Waals surface area contributed by atoms with E-state index >= 15 is 0 Å². The fraction of sp³-hybridized carbons (Fsp3) is 0.667. The third-order valence-electron chi connectivity index (χ3n) is 5.89. The van der Waals surface area contributed by atoms with Gasteiger partial charge in [-0.2, -0.15) is 0 Å². The maximum absolute atomic E-state index is 12.6. The topological polar surface area (TPSA) is 43.8 Å². The minimum absolute atomic E-state index is 0.0202. The summed E-state index contributed by atoms with van der Waals surface area (Å²) in [5.41, 5.74) is 0.963. The van der Waals surface area contributed by atoms with E-state index in [1.165, 1.54) is 0 Å². The Morgan fingerprint density at radius 2 is 1.85 bits per heavy atom. The summed E-state index contributed by atoms with van der Waals surface area (Å²) in [7, 11) is 0. The number of carbonyl (C=O) groups is 1. The third kappa shape index (κ3) is 4.59. The van der Waals surface area contributed by atoms with Crippen LogP contribution in [-0.2, 0) is 11.3 Å². The van der Waals surface area contributed by atoms with Crippen LogP contribution in [0.3, 0.4) is 0 Å². The molecule has 0 bridgehead atoms.